The monoisotopic (exact) mass is 416 g/mol. The number of aromatic nitrogens is 1. The number of fused-ring (bicyclic) bond motifs is 7. The predicted octanol–water partition coefficient (Wildman–Crippen LogP) is 4.99. The van der Waals surface area contributed by atoms with E-state index >= 15 is 0 Å². The van der Waals surface area contributed by atoms with E-state index in [4.69, 9.17) is 0 Å². The number of nitrogens with zero attached hydrogens (tertiary/aromatic N) is 3. The van der Waals surface area contributed by atoms with Gasteiger partial charge in [0, 0.05) is 11.8 Å². The second kappa shape index (κ2) is 7.56. The molecule has 0 saturated carbocycles. The Kier molecular flexibility index (Phi) is 4.53. The molecule has 2 aliphatic heterocycles. The Labute approximate surface area is 190 Å². The molecule has 4 heteroatoms. The summed E-state index contributed by atoms with van der Waals surface area (Å²) in [6, 6.07) is 31.2. The third kappa shape index (κ3) is 2.86. The minimum Gasteiger partial charge on any atom is -0.336 e. The molecule has 3 heterocycles. The molecule has 156 valence electrons. The van der Waals surface area contributed by atoms with Crippen LogP contribution in [0.15, 0.2) is 91.1 Å². The van der Waals surface area contributed by atoms with Gasteiger partial charge in [-0.15, -0.1) is 0 Å². The summed E-state index contributed by atoms with van der Waals surface area (Å²) in [5, 5.41) is 0. The maximum Gasteiger partial charge on any atom is 0.542 e. The average molecular weight is 416 g/mol. The van der Waals surface area contributed by atoms with E-state index in [-0.39, 0.29) is 6.98 Å². The number of hydrogen-bond donors (Lipinski definition) is 0. The lowest BCUT2D eigenvalue weighted by Crippen LogP contribution is -2.56. The molecule has 0 amide bonds. The smallest absolute Gasteiger partial charge is 0.336 e. The Balaban J connectivity index is 1.71. The Morgan fingerprint density at radius 2 is 1.44 bits per heavy atom. The molecule has 3 nitrogen and oxygen atoms in total. The van der Waals surface area contributed by atoms with Gasteiger partial charge in [-0.1, -0.05) is 60.7 Å². The average Bonchev–Trinajstić information content (AvgIpc) is 3.18. The van der Waals surface area contributed by atoms with Crippen molar-refractivity contribution in [2.24, 2.45) is 7.05 Å². The second-order valence-electron chi connectivity index (χ2n) is 8.91. The Morgan fingerprint density at radius 1 is 0.719 bits per heavy atom. The molecule has 32 heavy (non-hydrogen) atoms. The summed E-state index contributed by atoms with van der Waals surface area (Å²) >= 11 is 0. The van der Waals surface area contributed by atoms with Crippen molar-refractivity contribution < 1.29 is 4.57 Å². The summed E-state index contributed by atoms with van der Waals surface area (Å²) in [6.45, 7) is 2.30. The molecule has 0 saturated heterocycles. The van der Waals surface area contributed by atoms with E-state index in [1.807, 2.05) is 0 Å². The Bertz CT molecular complexity index is 1320. The number of hydrogen-bond acceptors (Lipinski definition) is 2. The van der Waals surface area contributed by atoms with Gasteiger partial charge in [0.15, 0.2) is 0 Å². The maximum atomic E-state index is 2.58. The topological polar surface area (TPSA) is 10.4 Å². The van der Waals surface area contributed by atoms with Gasteiger partial charge in [0.2, 0.25) is 0 Å². The molecule has 3 aromatic carbocycles. The number of para-hydroxylation sites is 2. The quantitative estimate of drug-likeness (QED) is 0.320. The highest BCUT2D eigenvalue weighted by Gasteiger charge is 2.53. The van der Waals surface area contributed by atoms with Gasteiger partial charge in [0.05, 0.1) is 18.9 Å². The molecule has 0 N–H and O–H groups in total. The number of anilines is 4. The fourth-order valence-corrected chi connectivity index (χ4v) is 5.51. The van der Waals surface area contributed by atoms with Crippen molar-refractivity contribution in [1.82, 2.24) is 0 Å². The van der Waals surface area contributed by atoms with Crippen LogP contribution in [0.4, 0.5) is 22.9 Å². The molecular formula is C28H27BN3+. The van der Waals surface area contributed by atoms with Gasteiger partial charge in [-0.25, -0.2) is 4.57 Å². The van der Waals surface area contributed by atoms with Crippen LogP contribution in [0.5, 0.6) is 0 Å². The molecule has 0 unspecified atom stereocenters. The summed E-state index contributed by atoms with van der Waals surface area (Å²) < 4.78 is 2.24. The number of pyridine rings is 1. The third-order valence-electron chi connectivity index (χ3n) is 6.96. The van der Waals surface area contributed by atoms with Gasteiger partial charge in [-0.2, -0.15) is 0 Å². The third-order valence-corrected chi connectivity index (χ3v) is 6.96. The Morgan fingerprint density at radius 3 is 2.31 bits per heavy atom. The van der Waals surface area contributed by atoms with Gasteiger partial charge < -0.3 is 4.81 Å². The number of benzene rings is 3. The zero-order valence-corrected chi connectivity index (χ0v) is 18.7. The summed E-state index contributed by atoms with van der Waals surface area (Å²) in [5.74, 6) is 1.20. The lowest BCUT2D eigenvalue weighted by atomic mass is 9.62. The van der Waals surface area contributed by atoms with E-state index in [1.54, 1.807) is 0 Å². The lowest BCUT2D eigenvalue weighted by molar-refractivity contribution is -0.658. The van der Waals surface area contributed by atoms with Crippen LogP contribution in [0.2, 0.25) is 0 Å². The van der Waals surface area contributed by atoms with Gasteiger partial charge >= 0.3 is 6.98 Å². The first-order valence-corrected chi connectivity index (χ1v) is 11.5. The molecule has 0 aliphatic carbocycles. The van der Waals surface area contributed by atoms with E-state index in [1.165, 1.54) is 45.0 Å². The van der Waals surface area contributed by atoms with Crippen molar-refractivity contribution in [2.75, 3.05) is 9.62 Å². The van der Waals surface area contributed by atoms with Crippen LogP contribution in [-0.2, 0) is 19.9 Å². The summed E-state index contributed by atoms with van der Waals surface area (Å²) in [5.41, 5.74) is 9.46. The van der Waals surface area contributed by atoms with Crippen molar-refractivity contribution in [3.63, 3.8) is 0 Å². The molecule has 0 radical (unpaired) electrons. The minimum absolute atomic E-state index is 0.0650. The van der Waals surface area contributed by atoms with Gasteiger partial charge in [0.25, 0.3) is 5.82 Å². The van der Waals surface area contributed by atoms with E-state index in [0.717, 1.165) is 19.3 Å². The van der Waals surface area contributed by atoms with E-state index in [0.29, 0.717) is 0 Å². The highest BCUT2D eigenvalue weighted by atomic mass is 15.3. The summed E-state index contributed by atoms with van der Waals surface area (Å²) in [4.78, 5) is 5.13. The van der Waals surface area contributed by atoms with E-state index in [2.05, 4.69) is 119 Å². The summed E-state index contributed by atoms with van der Waals surface area (Å²) in [6.07, 6.45) is 5.49. The molecule has 0 fully saturated rings. The number of aryl methyl sites for hydroxylation is 4. The standard InChI is InChI=1S/C28H27BN3/c1-21-11-9-18-26-28(21)32(27-19-7-8-20-30(27)2)29-24-16-5-3-12-22(24)14-10-15-23-13-4-6-17-25(23)31(26)29/h3-9,11-13,16-20H,10,14-15H2,1-2H3/q+1. The van der Waals surface area contributed by atoms with Crippen LogP contribution in [0, 0.1) is 6.92 Å². The molecule has 4 aromatic rings. The van der Waals surface area contributed by atoms with Crippen LogP contribution < -0.4 is 19.7 Å². The van der Waals surface area contributed by atoms with Crippen molar-refractivity contribution >= 4 is 35.3 Å². The normalized spacial score (nSPS) is 14.6. The molecule has 0 atom stereocenters. The fourth-order valence-electron chi connectivity index (χ4n) is 5.51. The number of rotatable bonds is 1. The van der Waals surface area contributed by atoms with Crippen LogP contribution >= 0.6 is 0 Å². The van der Waals surface area contributed by atoms with Crippen LogP contribution in [0.1, 0.15) is 23.1 Å². The minimum atomic E-state index is 0.0650. The first kappa shape index (κ1) is 19.2. The second-order valence-corrected chi connectivity index (χ2v) is 8.91. The zero-order valence-electron chi connectivity index (χ0n) is 18.7. The van der Waals surface area contributed by atoms with Crippen molar-refractivity contribution in [3.8, 4) is 0 Å². The van der Waals surface area contributed by atoms with Gasteiger partial charge in [-0.05, 0) is 66.5 Å². The van der Waals surface area contributed by atoms with Crippen LogP contribution in [0.3, 0.4) is 0 Å². The van der Waals surface area contributed by atoms with E-state index < -0.39 is 0 Å². The first-order chi connectivity index (χ1) is 15.7. The Hall–Kier alpha value is -3.53. The summed E-state index contributed by atoms with van der Waals surface area (Å²) in [7, 11) is 2.14. The van der Waals surface area contributed by atoms with Gasteiger partial charge in [-0.3, -0.25) is 4.81 Å². The molecular weight excluding hydrogens is 389 g/mol. The molecule has 0 spiro atoms. The molecule has 6 rings (SSSR count). The van der Waals surface area contributed by atoms with E-state index in [9.17, 15) is 0 Å². The SMILES string of the molecule is Cc1cccc2c1N(c1cccc[n+]1C)B1c3ccccc3CCCc3ccccc3N12. The lowest BCUT2D eigenvalue weighted by Gasteiger charge is -2.27. The molecule has 1 aromatic heterocycles. The molecule has 0 bridgehead atoms. The van der Waals surface area contributed by atoms with Crippen molar-refractivity contribution in [1.29, 1.82) is 0 Å². The zero-order chi connectivity index (χ0) is 21.7. The fraction of sp³-hybridized carbons (Fsp3) is 0.179. The van der Waals surface area contributed by atoms with Gasteiger partial charge in [0.1, 0.15) is 5.69 Å². The van der Waals surface area contributed by atoms with Crippen molar-refractivity contribution in [2.45, 2.75) is 26.2 Å². The predicted molar refractivity (Wildman–Crippen MR) is 133 cm³/mol. The highest BCUT2D eigenvalue weighted by molar-refractivity contribution is 6.84. The van der Waals surface area contributed by atoms with Crippen LogP contribution in [-0.4, -0.2) is 6.98 Å². The largest absolute Gasteiger partial charge is 0.542 e. The highest BCUT2D eigenvalue weighted by Crippen LogP contribution is 2.48. The van der Waals surface area contributed by atoms with Crippen molar-refractivity contribution in [3.05, 3.63) is 108 Å². The first-order valence-electron chi connectivity index (χ1n) is 11.5. The molecule has 2 aliphatic rings. The van der Waals surface area contributed by atoms with Crippen LogP contribution in [0.25, 0.3) is 0 Å². The maximum absolute atomic E-state index is 2.58.